The highest BCUT2D eigenvalue weighted by Gasteiger charge is 2.32. The van der Waals surface area contributed by atoms with Crippen LogP contribution in [-0.4, -0.2) is 43.6 Å². The molecule has 1 aromatic carbocycles. The van der Waals surface area contributed by atoms with Gasteiger partial charge < -0.3 is 14.5 Å². The largest absolute Gasteiger partial charge is 0.493 e. The van der Waals surface area contributed by atoms with E-state index < -0.39 is 0 Å². The topological polar surface area (TPSA) is 34.0 Å². The lowest BCUT2D eigenvalue weighted by Gasteiger charge is -2.32. The van der Waals surface area contributed by atoms with Gasteiger partial charge in [-0.3, -0.25) is 4.79 Å². The molecule has 4 nitrogen and oxygen atoms in total. The highest BCUT2D eigenvalue weighted by molar-refractivity contribution is 5.79. The summed E-state index contributed by atoms with van der Waals surface area (Å²) < 4.78 is 5.77. The number of para-hydroxylation sites is 1. The molecule has 2 atom stereocenters. The van der Waals surface area contributed by atoms with Gasteiger partial charge in [0.2, 0.25) is 5.91 Å². The Bertz CT molecular complexity index is 553. The van der Waals surface area contributed by atoms with Crippen LogP contribution in [-0.2, 0) is 11.3 Å². The monoisotopic (exact) mass is 345 g/mol. The van der Waals surface area contributed by atoms with Crippen LogP contribution in [0.5, 0.6) is 5.75 Å². The second-order valence-electron chi connectivity index (χ2n) is 7.50. The first-order chi connectivity index (χ1) is 12.3. The third-order valence-corrected chi connectivity index (χ3v) is 5.60. The summed E-state index contributed by atoms with van der Waals surface area (Å²) in [7, 11) is 0. The lowest BCUT2D eigenvalue weighted by atomic mass is 9.95. The van der Waals surface area contributed by atoms with Gasteiger partial charge in [0.25, 0.3) is 0 Å². The van der Waals surface area contributed by atoms with Crippen LogP contribution in [0.15, 0.2) is 24.3 Å². The number of hydrogen-bond donors (Lipinski definition) is 1. The molecule has 2 fully saturated rings. The zero-order valence-electron chi connectivity index (χ0n) is 15.6. The van der Waals surface area contributed by atoms with Crippen molar-refractivity contribution in [2.45, 2.75) is 52.0 Å². The first kappa shape index (κ1) is 18.2. The zero-order valence-corrected chi connectivity index (χ0v) is 15.6. The number of piperidine rings is 1. The van der Waals surface area contributed by atoms with E-state index in [1.54, 1.807) is 0 Å². The van der Waals surface area contributed by atoms with Gasteiger partial charge in [0.15, 0.2) is 0 Å². The minimum atomic E-state index is 0.209. The first-order valence-electron chi connectivity index (χ1n) is 10.1. The number of ether oxygens (including phenoxy) is 1. The highest BCUT2D eigenvalue weighted by atomic mass is 16.5. The van der Waals surface area contributed by atoms with Crippen LogP contribution in [0.2, 0.25) is 0 Å². The van der Waals surface area contributed by atoms with Crippen LogP contribution >= 0.6 is 0 Å². The summed E-state index contributed by atoms with van der Waals surface area (Å²) in [5.74, 6) is 1.62. The van der Waals surface area contributed by atoms with Crippen molar-refractivity contribution in [1.29, 1.82) is 0 Å². The van der Waals surface area contributed by atoms with Crippen molar-refractivity contribution in [3.05, 3.63) is 29.8 Å². The summed E-state index contributed by atoms with van der Waals surface area (Å²) in [6.45, 7) is 7.75. The molecule has 0 bridgehead atoms. The molecule has 1 unspecified atom stereocenters. The molecule has 3 rings (SSSR count). The Labute approximate surface area is 152 Å². The number of carbonyl (C=O) groups is 1. The van der Waals surface area contributed by atoms with Gasteiger partial charge in [-0.15, -0.1) is 0 Å². The smallest absolute Gasteiger partial charge is 0.231 e. The van der Waals surface area contributed by atoms with E-state index in [0.717, 1.165) is 51.3 Å². The van der Waals surface area contributed by atoms with E-state index in [4.69, 9.17) is 4.74 Å². The van der Waals surface area contributed by atoms with Crippen LogP contribution < -0.4 is 9.64 Å². The van der Waals surface area contributed by atoms with E-state index in [1.807, 2.05) is 13.0 Å². The van der Waals surface area contributed by atoms with Gasteiger partial charge in [-0.1, -0.05) is 25.0 Å². The third kappa shape index (κ3) is 4.97. The fourth-order valence-corrected chi connectivity index (χ4v) is 4.29. The highest BCUT2D eigenvalue weighted by Crippen LogP contribution is 2.19. The Morgan fingerprint density at radius 1 is 1.16 bits per heavy atom. The minimum absolute atomic E-state index is 0.209. The van der Waals surface area contributed by atoms with Crippen LogP contribution in [0.3, 0.4) is 0 Å². The molecule has 0 radical (unpaired) electrons. The number of likely N-dealkylation sites (tertiary alicyclic amines) is 2. The van der Waals surface area contributed by atoms with E-state index in [2.05, 4.69) is 23.1 Å². The lowest BCUT2D eigenvalue weighted by Crippen LogP contribution is -3.12. The molecule has 2 aliphatic heterocycles. The van der Waals surface area contributed by atoms with E-state index in [1.165, 1.54) is 36.1 Å². The Balaban J connectivity index is 1.60. The van der Waals surface area contributed by atoms with Crippen LogP contribution in [0.4, 0.5) is 0 Å². The molecule has 2 heterocycles. The number of amides is 1. The van der Waals surface area contributed by atoms with Crippen molar-refractivity contribution in [3.8, 4) is 5.75 Å². The maximum absolute atomic E-state index is 13.0. The SMILES string of the molecule is CCOc1ccccc1C[NH+]1CCC[C@@H](C(=O)N2CCCCCC2)C1. The van der Waals surface area contributed by atoms with Gasteiger partial charge in [-0.05, 0) is 44.7 Å². The lowest BCUT2D eigenvalue weighted by molar-refractivity contribution is -0.921. The average Bonchev–Trinajstić information content (AvgIpc) is 2.93. The molecule has 1 N–H and O–H groups in total. The normalized spacial score (nSPS) is 24.6. The van der Waals surface area contributed by atoms with Crippen molar-refractivity contribution < 1.29 is 14.4 Å². The summed E-state index contributed by atoms with van der Waals surface area (Å²) in [6, 6.07) is 8.34. The fourth-order valence-electron chi connectivity index (χ4n) is 4.29. The van der Waals surface area contributed by atoms with Gasteiger partial charge in [0.05, 0.1) is 25.6 Å². The molecule has 25 heavy (non-hydrogen) atoms. The van der Waals surface area contributed by atoms with Crippen LogP contribution in [0, 0.1) is 5.92 Å². The van der Waals surface area contributed by atoms with Crippen molar-refractivity contribution in [1.82, 2.24) is 4.90 Å². The molecule has 138 valence electrons. The minimum Gasteiger partial charge on any atom is -0.493 e. The molecule has 0 spiro atoms. The molecule has 0 saturated carbocycles. The van der Waals surface area contributed by atoms with E-state index >= 15 is 0 Å². The molecule has 2 aliphatic rings. The van der Waals surface area contributed by atoms with Gasteiger partial charge in [0.1, 0.15) is 12.3 Å². The number of nitrogens with one attached hydrogen (secondary N) is 1. The Kier molecular flexibility index (Phi) is 6.74. The van der Waals surface area contributed by atoms with E-state index in [9.17, 15) is 4.79 Å². The van der Waals surface area contributed by atoms with E-state index in [-0.39, 0.29) is 5.92 Å². The van der Waals surface area contributed by atoms with Crippen molar-refractivity contribution >= 4 is 5.91 Å². The van der Waals surface area contributed by atoms with Crippen LogP contribution in [0.25, 0.3) is 0 Å². The Hall–Kier alpha value is -1.55. The summed E-state index contributed by atoms with van der Waals surface area (Å²) in [4.78, 5) is 16.6. The van der Waals surface area contributed by atoms with Gasteiger partial charge in [-0.25, -0.2) is 0 Å². The molecular formula is C21H33N2O2+. The number of benzene rings is 1. The Morgan fingerprint density at radius 3 is 2.68 bits per heavy atom. The second-order valence-corrected chi connectivity index (χ2v) is 7.50. The average molecular weight is 346 g/mol. The maximum atomic E-state index is 13.0. The van der Waals surface area contributed by atoms with Gasteiger partial charge >= 0.3 is 0 Å². The number of quaternary nitrogens is 1. The van der Waals surface area contributed by atoms with Gasteiger partial charge in [-0.2, -0.15) is 0 Å². The molecule has 1 aromatic rings. The molecule has 2 saturated heterocycles. The zero-order chi connectivity index (χ0) is 17.5. The predicted molar refractivity (Wildman–Crippen MR) is 99.8 cm³/mol. The number of hydrogen-bond acceptors (Lipinski definition) is 2. The quantitative estimate of drug-likeness (QED) is 0.888. The van der Waals surface area contributed by atoms with Crippen molar-refractivity contribution in [2.24, 2.45) is 5.92 Å². The first-order valence-corrected chi connectivity index (χ1v) is 10.1. The summed E-state index contributed by atoms with van der Waals surface area (Å²) in [6.07, 6.45) is 7.12. The van der Waals surface area contributed by atoms with Gasteiger partial charge in [0, 0.05) is 18.7 Å². The molecular weight excluding hydrogens is 312 g/mol. The predicted octanol–water partition coefficient (Wildman–Crippen LogP) is 2.28. The van der Waals surface area contributed by atoms with Crippen LogP contribution in [0.1, 0.15) is 51.0 Å². The second kappa shape index (κ2) is 9.23. The number of rotatable bonds is 5. The number of nitrogens with zero attached hydrogens (tertiary/aromatic N) is 1. The summed E-state index contributed by atoms with van der Waals surface area (Å²) in [5, 5.41) is 0. The Morgan fingerprint density at radius 2 is 1.92 bits per heavy atom. The summed E-state index contributed by atoms with van der Waals surface area (Å²) >= 11 is 0. The fraction of sp³-hybridized carbons (Fsp3) is 0.667. The molecule has 0 aromatic heterocycles. The third-order valence-electron chi connectivity index (χ3n) is 5.60. The standard InChI is InChI=1S/C21H32N2O2/c1-2-25-20-12-6-5-10-18(20)16-22-13-9-11-19(17-22)21(24)23-14-7-3-4-8-15-23/h5-6,10,12,19H,2-4,7-9,11,13-17H2,1H3/p+1/t19-/m1/s1. The van der Waals surface area contributed by atoms with Crippen molar-refractivity contribution in [2.75, 3.05) is 32.8 Å². The number of carbonyl (C=O) groups excluding carboxylic acids is 1. The van der Waals surface area contributed by atoms with E-state index in [0.29, 0.717) is 12.5 Å². The molecule has 4 heteroatoms. The molecule has 0 aliphatic carbocycles. The maximum Gasteiger partial charge on any atom is 0.231 e. The summed E-state index contributed by atoms with van der Waals surface area (Å²) in [5.41, 5.74) is 1.27. The van der Waals surface area contributed by atoms with Crippen molar-refractivity contribution in [3.63, 3.8) is 0 Å². The molecule has 1 amide bonds.